The lowest BCUT2D eigenvalue weighted by atomic mass is 10.1. The van der Waals surface area contributed by atoms with Crippen LogP contribution in [0.25, 0.3) is 32.5 Å². The number of thiophene rings is 1. The van der Waals surface area contributed by atoms with E-state index >= 15 is 0 Å². The Morgan fingerprint density at radius 2 is 2.12 bits per heavy atom. The van der Waals surface area contributed by atoms with E-state index in [1.165, 1.54) is 4.88 Å². The van der Waals surface area contributed by atoms with Gasteiger partial charge in [-0.3, -0.25) is 20.0 Å². The van der Waals surface area contributed by atoms with Crippen molar-refractivity contribution in [2.45, 2.75) is 19.4 Å². The first-order valence-corrected chi connectivity index (χ1v) is 11.9. The lowest BCUT2D eigenvalue weighted by Crippen LogP contribution is -2.42. The minimum absolute atomic E-state index is 0.234. The number of piperazine rings is 1. The molecule has 1 aliphatic heterocycles. The molecule has 10 nitrogen and oxygen atoms in total. The van der Waals surface area contributed by atoms with Crippen LogP contribution in [0.2, 0.25) is 0 Å². The maximum absolute atomic E-state index is 11.3. The monoisotopic (exact) mass is 466 g/mol. The number of nitrogens with one attached hydrogen (secondary N) is 4. The largest absolute Gasteiger partial charge is 0.369 e. The molecule has 0 bridgehead atoms. The van der Waals surface area contributed by atoms with E-state index in [-0.39, 0.29) is 6.42 Å². The van der Waals surface area contributed by atoms with E-state index in [1.54, 1.807) is 23.0 Å². The number of aromatic amines is 1. The molecule has 172 valence electrons. The molecule has 1 fully saturated rings. The Hall–Kier alpha value is -3.12. The summed E-state index contributed by atoms with van der Waals surface area (Å²) >= 11 is 1.71. The van der Waals surface area contributed by atoms with E-state index < -0.39 is 5.91 Å². The molecule has 0 spiro atoms. The number of carbonyl (C=O) groups is 1. The topological polar surface area (TPSA) is 131 Å². The molecule has 0 aliphatic carbocycles. The van der Waals surface area contributed by atoms with Crippen molar-refractivity contribution in [3.05, 3.63) is 35.3 Å². The summed E-state index contributed by atoms with van der Waals surface area (Å²) in [5, 5.41) is 23.6. The summed E-state index contributed by atoms with van der Waals surface area (Å²) in [5.74, 6) is 1.000. The number of fused-ring (bicyclic) bond motifs is 2. The zero-order valence-corrected chi connectivity index (χ0v) is 18.9. The van der Waals surface area contributed by atoms with Crippen molar-refractivity contribution in [2.75, 3.05) is 38.0 Å². The average Bonchev–Trinajstić information content (AvgIpc) is 3.48. The minimum Gasteiger partial charge on any atom is -0.369 e. The van der Waals surface area contributed by atoms with Crippen molar-refractivity contribution < 1.29 is 10.0 Å². The number of rotatable bonds is 8. The van der Waals surface area contributed by atoms with Crippen molar-refractivity contribution in [1.82, 2.24) is 35.9 Å². The molecule has 0 saturated carbocycles. The van der Waals surface area contributed by atoms with E-state index in [1.807, 2.05) is 18.2 Å². The first-order valence-electron chi connectivity index (χ1n) is 11.0. The normalized spacial score (nSPS) is 14.7. The fourth-order valence-corrected chi connectivity index (χ4v) is 5.17. The molecule has 5 rings (SSSR count). The lowest BCUT2D eigenvalue weighted by molar-refractivity contribution is -0.129. The standard InChI is InChI=1S/C22H26N8O2S/c31-19(29-32)5-2-6-24-22-20-18(11-14(33-20)13-30-9-7-23-8-10-30)26-21(27-22)15-3-1-4-17-16(15)12-25-28-17/h1,3-4,11-12,23,32H,2,5-10,13H2,(H,25,28)(H,29,31)(H,24,26,27). The molecule has 1 aromatic carbocycles. The van der Waals surface area contributed by atoms with Gasteiger partial charge in [0.25, 0.3) is 0 Å². The van der Waals surface area contributed by atoms with Gasteiger partial charge in [-0.05, 0) is 18.6 Å². The third-order valence-electron chi connectivity index (χ3n) is 5.74. The number of carbonyl (C=O) groups excluding carboxylic acids is 1. The summed E-state index contributed by atoms with van der Waals surface area (Å²) in [7, 11) is 0. The van der Waals surface area contributed by atoms with E-state index in [2.05, 4.69) is 31.8 Å². The van der Waals surface area contributed by atoms with Crippen LogP contribution in [0.4, 0.5) is 5.82 Å². The fraction of sp³-hybridized carbons (Fsp3) is 0.364. The van der Waals surface area contributed by atoms with Crippen molar-refractivity contribution in [3.63, 3.8) is 0 Å². The van der Waals surface area contributed by atoms with Crippen LogP contribution in [0, 0.1) is 0 Å². The number of amides is 1. The smallest absolute Gasteiger partial charge is 0.243 e. The van der Waals surface area contributed by atoms with Crippen molar-refractivity contribution in [1.29, 1.82) is 0 Å². The van der Waals surface area contributed by atoms with Crippen LogP contribution in [0.3, 0.4) is 0 Å². The second-order valence-corrected chi connectivity index (χ2v) is 9.19. The molecule has 3 aromatic heterocycles. The maximum Gasteiger partial charge on any atom is 0.243 e. The maximum atomic E-state index is 11.3. The van der Waals surface area contributed by atoms with Gasteiger partial charge < -0.3 is 10.6 Å². The van der Waals surface area contributed by atoms with Crippen LogP contribution in [-0.4, -0.2) is 68.9 Å². The number of aromatic nitrogens is 4. The number of hydrogen-bond donors (Lipinski definition) is 5. The SMILES string of the molecule is O=C(CCCNc1nc(-c2cccc3[nH]ncc23)nc2cc(CN3CCNCC3)sc12)NO. The lowest BCUT2D eigenvalue weighted by Gasteiger charge is -2.26. The molecule has 1 saturated heterocycles. The van der Waals surface area contributed by atoms with Crippen molar-refractivity contribution >= 4 is 44.2 Å². The molecular formula is C22H26N8O2S. The highest BCUT2D eigenvalue weighted by Crippen LogP contribution is 2.34. The minimum atomic E-state index is -0.397. The first-order chi connectivity index (χ1) is 16.2. The summed E-state index contributed by atoms with van der Waals surface area (Å²) in [6, 6.07) is 8.11. The summed E-state index contributed by atoms with van der Waals surface area (Å²) in [6.45, 7) is 5.54. The van der Waals surface area contributed by atoms with Crippen LogP contribution in [0.1, 0.15) is 17.7 Å². The number of nitrogens with zero attached hydrogens (tertiary/aromatic N) is 4. The van der Waals surface area contributed by atoms with Crippen LogP contribution in [-0.2, 0) is 11.3 Å². The summed E-state index contributed by atoms with van der Waals surface area (Å²) < 4.78 is 1.01. The van der Waals surface area contributed by atoms with Crippen LogP contribution >= 0.6 is 11.3 Å². The Kier molecular flexibility index (Phi) is 6.44. The fourth-order valence-electron chi connectivity index (χ4n) is 4.06. The van der Waals surface area contributed by atoms with Gasteiger partial charge in [0.2, 0.25) is 5.91 Å². The van der Waals surface area contributed by atoms with E-state index in [0.29, 0.717) is 18.8 Å². The van der Waals surface area contributed by atoms with Crippen molar-refractivity contribution in [3.8, 4) is 11.4 Å². The zero-order chi connectivity index (χ0) is 22.6. The van der Waals surface area contributed by atoms with Gasteiger partial charge in [-0.25, -0.2) is 15.4 Å². The number of H-pyrrole nitrogens is 1. The van der Waals surface area contributed by atoms with Crippen LogP contribution < -0.4 is 16.1 Å². The molecule has 0 unspecified atom stereocenters. The Bertz CT molecular complexity index is 1260. The molecule has 1 amide bonds. The predicted octanol–water partition coefficient (Wildman–Crippen LogP) is 2.34. The molecular weight excluding hydrogens is 440 g/mol. The van der Waals surface area contributed by atoms with Crippen LogP contribution in [0.15, 0.2) is 30.5 Å². The molecule has 33 heavy (non-hydrogen) atoms. The highest BCUT2D eigenvalue weighted by atomic mass is 32.1. The molecule has 4 heterocycles. The van der Waals surface area contributed by atoms with Gasteiger partial charge in [-0.1, -0.05) is 12.1 Å². The molecule has 0 atom stereocenters. The highest BCUT2D eigenvalue weighted by Gasteiger charge is 2.17. The summed E-state index contributed by atoms with van der Waals surface area (Å²) in [4.78, 5) is 24.8. The number of benzene rings is 1. The quantitative estimate of drug-likeness (QED) is 0.152. The third-order valence-corrected chi connectivity index (χ3v) is 6.85. The summed E-state index contributed by atoms with van der Waals surface area (Å²) in [6.07, 6.45) is 2.60. The highest BCUT2D eigenvalue weighted by molar-refractivity contribution is 7.19. The zero-order valence-electron chi connectivity index (χ0n) is 18.1. The number of hydroxylamine groups is 1. The van der Waals surface area contributed by atoms with Gasteiger partial charge in [0.05, 0.1) is 21.9 Å². The Balaban J connectivity index is 1.48. The Labute approximate surface area is 194 Å². The number of anilines is 1. The van der Waals surface area contributed by atoms with Crippen molar-refractivity contribution in [2.24, 2.45) is 0 Å². The first kappa shape index (κ1) is 21.7. The van der Waals surface area contributed by atoms with Gasteiger partial charge >= 0.3 is 0 Å². The molecule has 5 N–H and O–H groups in total. The Morgan fingerprint density at radius 3 is 2.97 bits per heavy atom. The van der Waals surface area contributed by atoms with E-state index in [0.717, 1.165) is 65.2 Å². The van der Waals surface area contributed by atoms with Gasteiger partial charge in [-0.15, -0.1) is 11.3 Å². The molecule has 4 aromatic rings. The second-order valence-electron chi connectivity index (χ2n) is 8.05. The predicted molar refractivity (Wildman–Crippen MR) is 128 cm³/mol. The van der Waals surface area contributed by atoms with E-state index in [4.69, 9.17) is 15.2 Å². The van der Waals surface area contributed by atoms with Gasteiger partial charge in [-0.2, -0.15) is 5.10 Å². The second kappa shape index (κ2) is 9.79. The van der Waals surface area contributed by atoms with Gasteiger partial charge in [0.1, 0.15) is 5.82 Å². The third kappa shape index (κ3) is 4.81. The summed E-state index contributed by atoms with van der Waals surface area (Å²) in [5.41, 5.74) is 4.43. The molecule has 1 aliphatic rings. The molecule has 11 heteroatoms. The Morgan fingerprint density at radius 1 is 1.24 bits per heavy atom. The van der Waals surface area contributed by atoms with Gasteiger partial charge in [0.15, 0.2) is 5.82 Å². The average molecular weight is 467 g/mol. The van der Waals surface area contributed by atoms with E-state index in [9.17, 15) is 4.79 Å². The molecule has 0 radical (unpaired) electrons. The number of hydrogen-bond acceptors (Lipinski definition) is 9. The van der Waals surface area contributed by atoms with Gasteiger partial charge in [0, 0.05) is 61.5 Å². The van der Waals surface area contributed by atoms with Crippen LogP contribution in [0.5, 0.6) is 0 Å².